The van der Waals surface area contributed by atoms with Crippen LogP contribution in [0.3, 0.4) is 0 Å². The number of hydrogen-bond donors (Lipinski definition) is 1. The SMILES string of the molecule is CC(=O)c1ccc(NC(=O)[C@H](C)Sc2nnc3c(Cl)cc(C(F)(F)F)cn23)cc1. The zero-order chi connectivity index (χ0) is 21.3. The normalized spacial score (nSPS) is 12.8. The highest BCUT2D eigenvalue weighted by molar-refractivity contribution is 8.00. The average Bonchev–Trinajstić information content (AvgIpc) is 3.05. The predicted molar refractivity (Wildman–Crippen MR) is 103 cm³/mol. The number of amides is 1. The molecule has 0 aliphatic rings. The van der Waals surface area contributed by atoms with Crippen LogP contribution in [0, 0.1) is 0 Å². The van der Waals surface area contributed by atoms with E-state index < -0.39 is 17.0 Å². The molecule has 0 saturated carbocycles. The molecule has 0 aliphatic carbocycles. The number of nitrogens with zero attached hydrogens (tertiary/aromatic N) is 3. The third-order valence-electron chi connectivity index (χ3n) is 3.97. The lowest BCUT2D eigenvalue weighted by molar-refractivity contribution is -0.137. The minimum absolute atomic E-state index is 0.0644. The molecule has 0 spiro atoms. The summed E-state index contributed by atoms with van der Waals surface area (Å²) in [5.41, 5.74) is 0.118. The average molecular weight is 443 g/mol. The number of pyridine rings is 1. The van der Waals surface area contributed by atoms with E-state index in [2.05, 4.69) is 15.5 Å². The van der Waals surface area contributed by atoms with Crippen molar-refractivity contribution in [3.05, 3.63) is 52.7 Å². The van der Waals surface area contributed by atoms with Crippen molar-refractivity contribution in [2.75, 3.05) is 5.32 Å². The van der Waals surface area contributed by atoms with Gasteiger partial charge >= 0.3 is 6.18 Å². The molecule has 1 N–H and O–H groups in total. The van der Waals surface area contributed by atoms with Gasteiger partial charge in [-0.1, -0.05) is 23.4 Å². The maximum atomic E-state index is 13.0. The van der Waals surface area contributed by atoms with Crippen LogP contribution in [-0.4, -0.2) is 31.5 Å². The van der Waals surface area contributed by atoms with Gasteiger partial charge in [-0.2, -0.15) is 13.2 Å². The number of hydrogen-bond acceptors (Lipinski definition) is 5. The molecule has 3 aromatic rings. The summed E-state index contributed by atoms with van der Waals surface area (Å²) in [6.07, 6.45) is -3.74. The number of aromatic nitrogens is 3. The van der Waals surface area contributed by atoms with Crippen LogP contribution < -0.4 is 5.32 Å². The fraction of sp³-hybridized carbons (Fsp3) is 0.222. The monoisotopic (exact) mass is 442 g/mol. The molecule has 152 valence electrons. The van der Waals surface area contributed by atoms with E-state index in [1.54, 1.807) is 31.2 Å². The molecule has 2 heterocycles. The van der Waals surface area contributed by atoms with Crippen LogP contribution in [-0.2, 0) is 11.0 Å². The Balaban J connectivity index is 1.78. The Kier molecular flexibility index (Phi) is 5.85. The van der Waals surface area contributed by atoms with Gasteiger partial charge in [0.15, 0.2) is 16.6 Å². The van der Waals surface area contributed by atoms with E-state index in [4.69, 9.17) is 11.6 Å². The lowest BCUT2D eigenvalue weighted by atomic mass is 10.1. The molecule has 0 bridgehead atoms. The molecule has 0 fully saturated rings. The molecular formula is C18H14ClF3N4O2S. The Morgan fingerprint density at radius 3 is 2.45 bits per heavy atom. The molecule has 0 unspecified atom stereocenters. The highest BCUT2D eigenvalue weighted by Gasteiger charge is 2.32. The van der Waals surface area contributed by atoms with E-state index in [0.717, 1.165) is 28.4 Å². The van der Waals surface area contributed by atoms with Crippen molar-refractivity contribution in [2.24, 2.45) is 0 Å². The van der Waals surface area contributed by atoms with Crippen molar-refractivity contribution in [3.8, 4) is 0 Å². The fourth-order valence-electron chi connectivity index (χ4n) is 2.41. The number of carbonyl (C=O) groups is 2. The molecular weight excluding hydrogens is 429 g/mol. The maximum Gasteiger partial charge on any atom is 0.417 e. The van der Waals surface area contributed by atoms with E-state index in [0.29, 0.717) is 11.3 Å². The number of halogens is 4. The summed E-state index contributed by atoms with van der Waals surface area (Å²) < 4.78 is 40.2. The smallest absolute Gasteiger partial charge is 0.325 e. The first-order valence-electron chi connectivity index (χ1n) is 8.26. The lowest BCUT2D eigenvalue weighted by Gasteiger charge is -2.12. The van der Waals surface area contributed by atoms with Crippen molar-refractivity contribution in [1.82, 2.24) is 14.6 Å². The third-order valence-corrected chi connectivity index (χ3v) is 5.30. The van der Waals surface area contributed by atoms with Gasteiger partial charge in [-0.25, -0.2) is 0 Å². The van der Waals surface area contributed by atoms with Gasteiger partial charge in [0.2, 0.25) is 5.91 Å². The zero-order valence-corrected chi connectivity index (χ0v) is 16.7. The number of Topliss-reactive ketones (excluding diaryl/α,β-unsaturated/α-hetero) is 1. The first kappa shape index (κ1) is 21.1. The van der Waals surface area contributed by atoms with Gasteiger partial charge in [-0.05, 0) is 44.2 Å². The summed E-state index contributed by atoms with van der Waals surface area (Å²) in [5, 5.41) is 9.54. The summed E-state index contributed by atoms with van der Waals surface area (Å²) in [4.78, 5) is 23.7. The zero-order valence-electron chi connectivity index (χ0n) is 15.1. The highest BCUT2D eigenvalue weighted by atomic mass is 35.5. The van der Waals surface area contributed by atoms with E-state index in [-0.39, 0.29) is 27.5 Å². The molecule has 3 rings (SSSR count). The van der Waals surface area contributed by atoms with Crippen LogP contribution in [0.1, 0.15) is 29.8 Å². The van der Waals surface area contributed by atoms with Gasteiger partial charge in [0, 0.05) is 17.4 Å². The number of anilines is 1. The van der Waals surface area contributed by atoms with Crippen LogP contribution in [0.15, 0.2) is 41.7 Å². The molecule has 11 heteroatoms. The predicted octanol–water partition coefficient (Wildman–Crippen LogP) is 4.72. The molecule has 1 aromatic carbocycles. The number of rotatable bonds is 5. The van der Waals surface area contributed by atoms with Gasteiger partial charge in [-0.15, -0.1) is 10.2 Å². The van der Waals surface area contributed by atoms with Gasteiger partial charge in [0.05, 0.1) is 15.8 Å². The molecule has 0 radical (unpaired) electrons. The van der Waals surface area contributed by atoms with Crippen molar-refractivity contribution < 1.29 is 22.8 Å². The number of nitrogens with one attached hydrogen (secondary N) is 1. The first-order chi connectivity index (χ1) is 13.6. The number of ketones is 1. The largest absolute Gasteiger partial charge is 0.417 e. The van der Waals surface area contributed by atoms with Crippen molar-refractivity contribution in [2.45, 2.75) is 30.4 Å². The Morgan fingerprint density at radius 2 is 1.86 bits per heavy atom. The fourth-order valence-corrected chi connectivity index (χ4v) is 3.48. The Hall–Kier alpha value is -2.59. The number of carbonyl (C=O) groups excluding carboxylic acids is 2. The summed E-state index contributed by atoms with van der Waals surface area (Å²) in [7, 11) is 0. The molecule has 2 aromatic heterocycles. The second kappa shape index (κ2) is 8.03. The lowest BCUT2D eigenvalue weighted by Crippen LogP contribution is -2.22. The molecule has 0 saturated heterocycles. The Morgan fingerprint density at radius 1 is 1.21 bits per heavy atom. The quantitative estimate of drug-likeness (QED) is 0.457. The molecule has 6 nitrogen and oxygen atoms in total. The second-order valence-corrected chi connectivity index (χ2v) is 7.85. The minimum Gasteiger partial charge on any atom is -0.325 e. The van der Waals surface area contributed by atoms with Gasteiger partial charge in [-0.3, -0.25) is 14.0 Å². The van der Waals surface area contributed by atoms with Crippen LogP contribution >= 0.6 is 23.4 Å². The molecule has 1 atom stereocenters. The highest BCUT2D eigenvalue weighted by Crippen LogP contribution is 2.34. The summed E-state index contributed by atoms with van der Waals surface area (Å²) >= 11 is 6.83. The Bertz CT molecular complexity index is 1080. The third kappa shape index (κ3) is 4.70. The van der Waals surface area contributed by atoms with Gasteiger partial charge in [0.25, 0.3) is 0 Å². The first-order valence-corrected chi connectivity index (χ1v) is 9.52. The van der Waals surface area contributed by atoms with Gasteiger partial charge < -0.3 is 5.32 Å². The standard InChI is InChI=1S/C18H14ClF3N4O2S/c1-9(27)11-3-5-13(6-4-11)23-16(28)10(2)29-17-25-24-15-14(19)7-12(8-26(15)17)18(20,21)22/h3-8,10H,1-2H3,(H,23,28)/t10-/m0/s1. The summed E-state index contributed by atoms with van der Waals surface area (Å²) in [6.45, 7) is 3.02. The summed E-state index contributed by atoms with van der Waals surface area (Å²) in [5.74, 6) is -0.484. The van der Waals surface area contributed by atoms with Crippen molar-refractivity contribution in [1.29, 1.82) is 0 Å². The van der Waals surface area contributed by atoms with Crippen LogP contribution in [0.4, 0.5) is 18.9 Å². The summed E-state index contributed by atoms with van der Waals surface area (Å²) in [6, 6.07) is 7.13. The van der Waals surface area contributed by atoms with Crippen LogP contribution in [0.5, 0.6) is 0 Å². The van der Waals surface area contributed by atoms with Crippen LogP contribution in [0.2, 0.25) is 5.02 Å². The van der Waals surface area contributed by atoms with Crippen molar-refractivity contribution in [3.63, 3.8) is 0 Å². The Labute approximate surface area is 172 Å². The topological polar surface area (TPSA) is 76.4 Å². The maximum absolute atomic E-state index is 13.0. The number of alkyl halides is 3. The van der Waals surface area contributed by atoms with E-state index in [1.807, 2.05) is 0 Å². The molecule has 0 aliphatic heterocycles. The number of benzene rings is 1. The number of thioether (sulfide) groups is 1. The second-order valence-electron chi connectivity index (χ2n) is 6.13. The van der Waals surface area contributed by atoms with E-state index in [9.17, 15) is 22.8 Å². The van der Waals surface area contributed by atoms with E-state index in [1.165, 1.54) is 6.92 Å². The molecule has 29 heavy (non-hydrogen) atoms. The van der Waals surface area contributed by atoms with E-state index >= 15 is 0 Å². The molecule has 1 amide bonds. The van der Waals surface area contributed by atoms with Gasteiger partial charge in [0.1, 0.15) is 0 Å². The number of fused-ring (bicyclic) bond motifs is 1. The van der Waals surface area contributed by atoms with Crippen molar-refractivity contribution >= 4 is 46.4 Å². The minimum atomic E-state index is -4.58. The van der Waals surface area contributed by atoms with Crippen LogP contribution in [0.25, 0.3) is 5.65 Å².